The van der Waals surface area contributed by atoms with Gasteiger partial charge in [-0.3, -0.25) is 4.79 Å². The van der Waals surface area contributed by atoms with Crippen molar-refractivity contribution in [1.29, 1.82) is 0 Å². The van der Waals surface area contributed by atoms with E-state index in [1.165, 1.54) is 12.8 Å². The van der Waals surface area contributed by atoms with Gasteiger partial charge in [0.05, 0.1) is 7.11 Å². The molecule has 20 heavy (non-hydrogen) atoms. The number of anilines is 1. The van der Waals surface area contributed by atoms with Crippen LogP contribution in [0.5, 0.6) is 5.75 Å². The van der Waals surface area contributed by atoms with E-state index in [-0.39, 0.29) is 5.91 Å². The fourth-order valence-corrected chi connectivity index (χ4v) is 2.63. The van der Waals surface area contributed by atoms with Crippen molar-refractivity contribution in [2.24, 2.45) is 5.92 Å². The molecule has 2 rings (SSSR count). The van der Waals surface area contributed by atoms with Crippen molar-refractivity contribution in [2.75, 3.05) is 32.1 Å². The molecular formula is C16H24N2O2. The third kappa shape index (κ3) is 3.97. The van der Waals surface area contributed by atoms with E-state index < -0.39 is 0 Å². The second kappa shape index (κ2) is 7.29. The molecule has 4 nitrogen and oxygen atoms in total. The summed E-state index contributed by atoms with van der Waals surface area (Å²) in [5.74, 6) is 1.65. The van der Waals surface area contributed by atoms with Crippen LogP contribution in [0.1, 0.15) is 25.7 Å². The number of piperidine rings is 1. The van der Waals surface area contributed by atoms with Crippen molar-refractivity contribution in [3.05, 3.63) is 24.3 Å². The van der Waals surface area contributed by atoms with Crippen LogP contribution < -0.4 is 15.0 Å². The second-order valence-corrected chi connectivity index (χ2v) is 5.39. The Balaban J connectivity index is 1.87. The topological polar surface area (TPSA) is 41.6 Å². The van der Waals surface area contributed by atoms with Crippen LogP contribution in [0.2, 0.25) is 0 Å². The Kier molecular flexibility index (Phi) is 5.41. The van der Waals surface area contributed by atoms with Crippen LogP contribution in [-0.2, 0) is 4.79 Å². The largest absolute Gasteiger partial charge is 0.497 e. The van der Waals surface area contributed by atoms with Gasteiger partial charge in [-0.2, -0.15) is 0 Å². The lowest BCUT2D eigenvalue weighted by Gasteiger charge is -2.23. The predicted molar refractivity (Wildman–Crippen MR) is 81.2 cm³/mol. The minimum atomic E-state index is 0.178. The number of benzene rings is 1. The van der Waals surface area contributed by atoms with Crippen LogP contribution in [0.3, 0.4) is 0 Å². The molecule has 4 heteroatoms. The van der Waals surface area contributed by atoms with Gasteiger partial charge < -0.3 is 15.0 Å². The van der Waals surface area contributed by atoms with Gasteiger partial charge in [-0.1, -0.05) is 6.07 Å². The van der Waals surface area contributed by atoms with Crippen LogP contribution in [0, 0.1) is 5.92 Å². The highest BCUT2D eigenvalue weighted by atomic mass is 16.5. The zero-order valence-corrected chi connectivity index (χ0v) is 12.4. The normalized spacial score (nSPS) is 15.9. The Morgan fingerprint density at radius 1 is 1.40 bits per heavy atom. The smallest absolute Gasteiger partial charge is 0.226 e. The van der Waals surface area contributed by atoms with Gasteiger partial charge in [0.25, 0.3) is 0 Å². The molecule has 1 aromatic carbocycles. The fourth-order valence-electron chi connectivity index (χ4n) is 2.63. The molecule has 1 aromatic rings. The van der Waals surface area contributed by atoms with Gasteiger partial charge >= 0.3 is 0 Å². The minimum absolute atomic E-state index is 0.178. The first-order valence-corrected chi connectivity index (χ1v) is 7.32. The zero-order chi connectivity index (χ0) is 14.4. The lowest BCUT2D eigenvalue weighted by atomic mass is 9.93. The first-order valence-electron chi connectivity index (χ1n) is 7.32. The quantitative estimate of drug-likeness (QED) is 0.898. The monoisotopic (exact) mass is 276 g/mol. The number of hydrogen-bond donors (Lipinski definition) is 1. The molecule has 0 unspecified atom stereocenters. The molecule has 1 amide bonds. The Morgan fingerprint density at radius 2 is 2.15 bits per heavy atom. The number of nitrogens with zero attached hydrogens (tertiary/aromatic N) is 1. The van der Waals surface area contributed by atoms with E-state index in [2.05, 4.69) is 5.32 Å². The van der Waals surface area contributed by atoms with Gasteiger partial charge in [-0.15, -0.1) is 0 Å². The highest BCUT2D eigenvalue weighted by Crippen LogP contribution is 2.22. The van der Waals surface area contributed by atoms with Crippen LogP contribution in [0.25, 0.3) is 0 Å². The average molecular weight is 276 g/mol. The van der Waals surface area contributed by atoms with Crippen molar-refractivity contribution in [3.8, 4) is 5.75 Å². The van der Waals surface area contributed by atoms with Gasteiger partial charge in [0.15, 0.2) is 0 Å². The van der Waals surface area contributed by atoms with Gasteiger partial charge in [0.2, 0.25) is 5.91 Å². The molecule has 1 aliphatic heterocycles. The van der Waals surface area contributed by atoms with Crippen molar-refractivity contribution in [2.45, 2.75) is 25.7 Å². The number of methoxy groups -OCH3 is 1. The SMILES string of the molecule is COc1cccc(N(C)C(=O)CCC2CCNCC2)c1. The Morgan fingerprint density at radius 3 is 2.85 bits per heavy atom. The number of carbonyl (C=O) groups is 1. The Bertz CT molecular complexity index is 442. The Labute approximate surface area is 121 Å². The van der Waals surface area contributed by atoms with Crippen LogP contribution in [0.15, 0.2) is 24.3 Å². The molecule has 0 aromatic heterocycles. The summed E-state index contributed by atoms with van der Waals surface area (Å²) in [5.41, 5.74) is 0.889. The van der Waals surface area contributed by atoms with Crippen molar-refractivity contribution >= 4 is 11.6 Å². The summed E-state index contributed by atoms with van der Waals surface area (Å²) >= 11 is 0. The molecule has 0 bridgehead atoms. The molecule has 1 heterocycles. The second-order valence-electron chi connectivity index (χ2n) is 5.39. The van der Waals surface area contributed by atoms with Gasteiger partial charge in [0.1, 0.15) is 5.75 Å². The average Bonchev–Trinajstić information content (AvgIpc) is 2.53. The van der Waals surface area contributed by atoms with Crippen molar-refractivity contribution in [3.63, 3.8) is 0 Å². The summed E-state index contributed by atoms with van der Waals surface area (Å²) < 4.78 is 5.19. The zero-order valence-electron chi connectivity index (χ0n) is 12.4. The maximum atomic E-state index is 12.3. The summed E-state index contributed by atoms with van der Waals surface area (Å²) in [6.07, 6.45) is 4.00. The first kappa shape index (κ1) is 14.9. The molecular weight excluding hydrogens is 252 g/mol. The van der Waals surface area contributed by atoms with E-state index in [9.17, 15) is 4.79 Å². The highest BCUT2D eigenvalue weighted by Gasteiger charge is 2.17. The third-order valence-corrected chi connectivity index (χ3v) is 4.04. The molecule has 110 valence electrons. The lowest BCUT2D eigenvalue weighted by molar-refractivity contribution is -0.118. The van der Waals surface area contributed by atoms with E-state index in [0.717, 1.165) is 30.9 Å². The molecule has 0 saturated carbocycles. The third-order valence-electron chi connectivity index (χ3n) is 4.04. The van der Waals surface area contributed by atoms with Crippen molar-refractivity contribution < 1.29 is 9.53 Å². The van der Waals surface area contributed by atoms with Crippen molar-refractivity contribution in [1.82, 2.24) is 5.32 Å². The molecule has 0 aliphatic carbocycles. The van der Waals surface area contributed by atoms with Gasteiger partial charge in [0, 0.05) is 25.2 Å². The van der Waals surface area contributed by atoms with E-state index in [1.54, 1.807) is 12.0 Å². The molecule has 1 fully saturated rings. The summed E-state index contributed by atoms with van der Waals surface area (Å²) in [4.78, 5) is 14.0. The number of carbonyl (C=O) groups excluding carboxylic acids is 1. The maximum absolute atomic E-state index is 12.3. The van der Waals surface area contributed by atoms with Gasteiger partial charge in [-0.05, 0) is 50.4 Å². The minimum Gasteiger partial charge on any atom is -0.497 e. The number of rotatable bonds is 5. The number of nitrogens with one attached hydrogen (secondary N) is 1. The van der Waals surface area contributed by atoms with E-state index in [0.29, 0.717) is 12.3 Å². The Hall–Kier alpha value is -1.55. The van der Waals surface area contributed by atoms with E-state index >= 15 is 0 Å². The van der Waals surface area contributed by atoms with E-state index in [4.69, 9.17) is 4.74 Å². The number of amides is 1. The van der Waals surface area contributed by atoms with Crippen LogP contribution in [0.4, 0.5) is 5.69 Å². The highest BCUT2D eigenvalue weighted by molar-refractivity contribution is 5.92. The standard InChI is InChI=1S/C16H24N2O2/c1-18(14-4-3-5-15(12-14)20-2)16(19)7-6-13-8-10-17-11-9-13/h3-5,12-13,17H,6-11H2,1-2H3. The molecule has 1 aliphatic rings. The molecule has 0 radical (unpaired) electrons. The van der Waals surface area contributed by atoms with Crippen LogP contribution >= 0.6 is 0 Å². The lowest BCUT2D eigenvalue weighted by Crippen LogP contribution is -2.30. The number of ether oxygens (including phenoxy) is 1. The summed E-state index contributed by atoms with van der Waals surface area (Å²) in [6, 6.07) is 7.62. The molecule has 0 atom stereocenters. The maximum Gasteiger partial charge on any atom is 0.226 e. The first-order chi connectivity index (χ1) is 9.70. The molecule has 0 spiro atoms. The number of hydrogen-bond acceptors (Lipinski definition) is 3. The fraction of sp³-hybridized carbons (Fsp3) is 0.562. The van der Waals surface area contributed by atoms with Gasteiger partial charge in [-0.25, -0.2) is 0 Å². The van der Waals surface area contributed by atoms with E-state index in [1.807, 2.05) is 31.3 Å². The summed E-state index contributed by atoms with van der Waals surface area (Å²) in [5, 5.41) is 3.35. The molecule has 1 saturated heterocycles. The predicted octanol–water partition coefficient (Wildman–Crippen LogP) is 2.44. The summed E-state index contributed by atoms with van der Waals surface area (Å²) in [6.45, 7) is 2.18. The molecule has 1 N–H and O–H groups in total. The van der Waals surface area contributed by atoms with Crippen LogP contribution in [-0.4, -0.2) is 33.2 Å². The summed E-state index contributed by atoms with van der Waals surface area (Å²) in [7, 11) is 3.47.